The van der Waals surface area contributed by atoms with E-state index in [2.05, 4.69) is 29.4 Å². The van der Waals surface area contributed by atoms with Crippen molar-refractivity contribution in [2.75, 3.05) is 18.9 Å². The van der Waals surface area contributed by atoms with E-state index in [1.807, 2.05) is 43.3 Å². The van der Waals surface area contributed by atoms with E-state index in [0.29, 0.717) is 5.69 Å². The molecule has 150 valence electrons. The molecule has 6 heteroatoms. The maximum atomic E-state index is 12.7. The van der Waals surface area contributed by atoms with Gasteiger partial charge in [0.1, 0.15) is 10.7 Å². The van der Waals surface area contributed by atoms with Gasteiger partial charge in [-0.3, -0.25) is 9.59 Å². The summed E-state index contributed by atoms with van der Waals surface area (Å²) in [5, 5.41) is 5.43. The monoisotopic (exact) mass is 407 g/mol. The normalized spacial score (nSPS) is 10.6. The minimum absolute atomic E-state index is 0.0328. The first-order valence-corrected chi connectivity index (χ1v) is 10.6. The molecule has 0 saturated heterocycles. The molecule has 0 bridgehead atoms. The number of thiazole rings is 1. The Balaban J connectivity index is 1.64. The summed E-state index contributed by atoms with van der Waals surface area (Å²) < 4.78 is 0. The number of aryl methyl sites for hydroxylation is 2. The Morgan fingerprint density at radius 2 is 1.76 bits per heavy atom. The van der Waals surface area contributed by atoms with E-state index in [0.717, 1.165) is 34.7 Å². The third-order valence-corrected chi connectivity index (χ3v) is 5.62. The number of anilines is 1. The highest BCUT2D eigenvalue weighted by atomic mass is 32.1. The van der Waals surface area contributed by atoms with Gasteiger partial charge in [-0.15, -0.1) is 11.3 Å². The van der Waals surface area contributed by atoms with Crippen molar-refractivity contribution < 1.29 is 9.59 Å². The predicted molar refractivity (Wildman–Crippen MR) is 118 cm³/mol. The largest absolute Gasteiger partial charge is 0.331 e. The number of carbonyl (C=O) groups is 2. The van der Waals surface area contributed by atoms with Gasteiger partial charge in [-0.25, -0.2) is 4.98 Å². The fourth-order valence-corrected chi connectivity index (χ4v) is 3.81. The molecule has 1 aromatic heterocycles. The van der Waals surface area contributed by atoms with E-state index in [9.17, 15) is 9.59 Å². The fourth-order valence-electron chi connectivity index (χ4n) is 3.01. The first-order chi connectivity index (χ1) is 14.0. The summed E-state index contributed by atoms with van der Waals surface area (Å²) in [4.78, 5) is 30.9. The SMILES string of the molecule is CCc1ccc(-c2nc(C(=O)N(C)CC(=O)Nc3ccccc3CC)cs2)cc1. The second kappa shape index (κ2) is 9.47. The summed E-state index contributed by atoms with van der Waals surface area (Å²) >= 11 is 1.43. The lowest BCUT2D eigenvalue weighted by Gasteiger charge is -2.16. The quantitative estimate of drug-likeness (QED) is 0.620. The molecule has 3 rings (SSSR count). The molecule has 3 aromatic rings. The van der Waals surface area contributed by atoms with Crippen molar-refractivity contribution in [3.63, 3.8) is 0 Å². The van der Waals surface area contributed by atoms with Crippen LogP contribution in [0.15, 0.2) is 53.9 Å². The van der Waals surface area contributed by atoms with Gasteiger partial charge in [0.15, 0.2) is 0 Å². The zero-order valence-electron chi connectivity index (χ0n) is 16.9. The summed E-state index contributed by atoms with van der Waals surface area (Å²) in [6.45, 7) is 4.12. The van der Waals surface area contributed by atoms with Crippen LogP contribution >= 0.6 is 11.3 Å². The molecule has 0 radical (unpaired) electrons. The van der Waals surface area contributed by atoms with Crippen LogP contribution in [0.4, 0.5) is 5.69 Å². The molecule has 1 heterocycles. The van der Waals surface area contributed by atoms with E-state index >= 15 is 0 Å². The molecule has 2 aromatic carbocycles. The summed E-state index contributed by atoms with van der Waals surface area (Å²) in [6.07, 6.45) is 1.81. The van der Waals surface area contributed by atoms with Crippen LogP contribution in [0.5, 0.6) is 0 Å². The molecular formula is C23H25N3O2S. The fraction of sp³-hybridized carbons (Fsp3) is 0.261. The first-order valence-electron chi connectivity index (χ1n) is 9.69. The molecule has 5 nitrogen and oxygen atoms in total. The van der Waals surface area contributed by atoms with Gasteiger partial charge in [-0.2, -0.15) is 0 Å². The number of likely N-dealkylation sites (N-methyl/N-ethyl adjacent to an activating group) is 1. The third kappa shape index (κ3) is 5.09. The summed E-state index contributed by atoms with van der Waals surface area (Å²) in [7, 11) is 1.61. The van der Waals surface area contributed by atoms with Crippen LogP contribution in [-0.4, -0.2) is 35.3 Å². The van der Waals surface area contributed by atoms with Crippen LogP contribution in [0.25, 0.3) is 10.6 Å². The number of nitrogens with one attached hydrogen (secondary N) is 1. The Morgan fingerprint density at radius 1 is 1.03 bits per heavy atom. The van der Waals surface area contributed by atoms with E-state index in [1.54, 1.807) is 12.4 Å². The molecule has 0 fully saturated rings. The number of carbonyl (C=O) groups excluding carboxylic acids is 2. The molecule has 0 atom stereocenters. The van der Waals surface area contributed by atoms with Crippen LogP contribution in [0.1, 0.15) is 35.5 Å². The van der Waals surface area contributed by atoms with E-state index in [-0.39, 0.29) is 18.4 Å². The molecule has 0 saturated carbocycles. The Hall–Kier alpha value is -2.99. The number of amides is 2. The van der Waals surface area contributed by atoms with Crippen LogP contribution in [0.2, 0.25) is 0 Å². The Bertz CT molecular complexity index is 995. The smallest absolute Gasteiger partial charge is 0.273 e. The van der Waals surface area contributed by atoms with Gasteiger partial charge >= 0.3 is 0 Å². The average Bonchev–Trinajstić information content (AvgIpc) is 3.23. The summed E-state index contributed by atoms with van der Waals surface area (Å²) in [5.74, 6) is -0.496. The Morgan fingerprint density at radius 3 is 2.45 bits per heavy atom. The predicted octanol–water partition coefficient (Wildman–Crippen LogP) is 4.65. The molecule has 1 N–H and O–H groups in total. The van der Waals surface area contributed by atoms with Crippen molar-refractivity contribution in [1.82, 2.24) is 9.88 Å². The molecule has 0 unspecified atom stereocenters. The molecule has 0 spiro atoms. The lowest BCUT2D eigenvalue weighted by atomic mass is 10.1. The number of para-hydroxylation sites is 1. The van der Waals surface area contributed by atoms with Gasteiger partial charge in [0.05, 0.1) is 6.54 Å². The number of hydrogen-bond donors (Lipinski definition) is 1. The van der Waals surface area contributed by atoms with Crippen molar-refractivity contribution in [1.29, 1.82) is 0 Å². The van der Waals surface area contributed by atoms with Gasteiger partial charge in [-0.05, 0) is 30.0 Å². The van der Waals surface area contributed by atoms with Crippen molar-refractivity contribution in [3.8, 4) is 10.6 Å². The average molecular weight is 408 g/mol. The van der Waals surface area contributed by atoms with Gasteiger partial charge in [-0.1, -0.05) is 56.3 Å². The second-order valence-electron chi connectivity index (χ2n) is 6.81. The molecule has 0 aliphatic carbocycles. The Labute approximate surface area is 175 Å². The van der Waals surface area contributed by atoms with Crippen LogP contribution in [0.3, 0.4) is 0 Å². The highest BCUT2D eigenvalue weighted by Crippen LogP contribution is 2.24. The Kier molecular flexibility index (Phi) is 6.77. The van der Waals surface area contributed by atoms with E-state index < -0.39 is 0 Å². The van der Waals surface area contributed by atoms with Crippen molar-refractivity contribution in [2.24, 2.45) is 0 Å². The van der Waals surface area contributed by atoms with Gasteiger partial charge in [0, 0.05) is 23.7 Å². The van der Waals surface area contributed by atoms with Crippen LogP contribution in [-0.2, 0) is 17.6 Å². The number of hydrogen-bond acceptors (Lipinski definition) is 4. The molecule has 0 aliphatic heterocycles. The zero-order chi connectivity index (χ0) is 20.8. The first kappa shape index (κ1) is 20.7. The van der Waals surface area contributed by atoms with E-state index in [1.165, 1.54) is 21.8 Å². The number of nitrogens with zero attached hydrogens (tertiary/aromatic N) is 2. The summed E-state index contributed by atoms with van der Waals surface area (Å²) in [6, 6.07) is 15.9. The maximum Gasteiger partial charge on any atom is 0.273 e. The van der Waals surface area contributed by atoms with Crippen LogP contribution < -0.4 is 5.32 Å². The molecular weight excluding hydrogens is 382 g/mol. The van der Waals surface area contributed by atoms with Crippen molar-refractivity contribution >= 4 is 28.8 Å². The topological polar surface area (TPSA) is 62.3 Å². The van der Waals surface area contributed by atoms with Crippen molar-refractivity contribution in [3.05, 3.63) is 70.7 Å². The minimum Gasteiger partial charge on any atom is -0.331 e. The molecule has 2 amide bonds. The van der Waals surface area contributed by atoms with Gasteiger partial charge in [0.25, 0.3) is 5.91 Å². The molecule has 0 aliphatic rings. The zero-order valence-corrected chi connectivity index (χ0v) is 17.8. The van der Waals surface area contributed by atoms with Gasteiger partial charge in [0.2, 0.25) is 5.91 Å². The highest BCUT2D eigenvalue weighted by molar-refractivity contribution is 7.13. The summed E-state index contributed by atoms with van der Waals surface area (Å²) in [5.41, 5.74) is 4.45. The molecule has 29 heavy (non-hydrogen) atoms. The number of benzene rings is 2. The third-order valence-electron chi connectivity index (χ3n) is 4.73. The standard InChI is InChI=1S/C23H25N3O2S/c1-4-16-10-12-18(13-11-16)22-25-20(15-29-22)23(28)26(3)14-21(27)24-19-9-7-6-8-17(19)5-2/h6-13,15H,4-5,14H2,1-3H3,(H,24,27). The van der Waals surface area contributed by atoms with E-state index in [4.69, 9.17) is 0 Å². The second-order valence-corrected chi connectivity index (χ2v) is 7.67. The highest BCUT2D eigenvalue weighted by Gasteiger charge is 2.19. The number of rotatable bonds is 7. The number of aromatic nitrogens is 1. The van der Waals surface area contributed by atoms with Crippen molar-refractivity contribution in [2.45, 2.75) is 26.7 Å². The maximum absolute atomic E-state index is 12.7. The lowest BCUT2D eigenvalue weighted by Crippen LogP contribution is -2.35. The minimum atomic E-state index is -0.267. The van der Waals surface area contributed by atoms with Gasteiger partial charge < -0.3 is 10.2 Å². The lowest BCUT2D eigenvalue weighted by molar-refractivity contribution is -0.116. The van der Waals surface area contributed by atoms with Crippen LogP contribution in [0, 0.1) is 0 Å².